The largest absolute Gasteiger partial charge is 0.390 e. The van der Waals surface area contributed by atoms with E-state index in [9.17, 15) is 5.11 Å². The highest BCUT2D eigenvalue weighted by molar-refractivity contribution is 6.30. The Bertz CT molecular complexity index is 340. The number of ether oxygens (including phenoxy) is 1. The lowest BCUT2D eigenvalue weighted by Gasteiger charge is -2.33. The van der Waals surface area contributed by atoms with Gasteiger partial charge in [-0.25, -0.2) is 0 Å². The second-order valence-electron chi connectivity index (χ2n) is 5.42. The Balaban J connectivity index is 2.70. The first-order valence-corrected chi connectivity index (χ1v) is 6.17. The maximum Gasteiger partial charge on any atom is 0.0881 e. The van der Waals surface area contributed by atoms with Crippen molar-refractivity contribution < 1.29 is 9.84 Å². The highest BCUT2D eigenvalue weighted by atomic mass is 35.5. The fourth-order valence-corrected chi connectivity index (χ4v) is 2.18. The van der Waals surface area contributed by atoms with Gasteiger partial charge in [0.05, 0.1) is 12.2 Å². The van der Waals surface area contributed by atoms with E-state index in [1.165, 1.54) is 0 Å². The van der Waals surface area contributed by atoms with E-state index in [2.05, 4.69) is 20.8 Å². The third kappa shape index (κ3) is 4.30. The molecule has 1 aromatic rings. The number of methoxy groups -OCH3 is 1. The van der Waals surface area contributed by atoms with Crippen molar-refractivity contribution in [2.24, 2.45) is 5.41 Å². The third-order valence-corrected chi connectivity index (χ3v) is 3.07. The molecule has 2 nitrogen and oxygen atoms in total. The average molecular weight is 257 g/mol. The van der Waals surface area contributed by atoms with Crippen molar-refractivity contribution in [1.29, 1.82) is 0 Å². The number of hydrogen-bond acceptors (Lipinski definition) is 2. The molecule has 0 bridgehead atoms. The van der Waals surface area contributed by atoms with Gasteiger partial charge < -0.3 is 9.84 Å². The lowest BCUT2D eigenvalue weighted by Crippen LogP contribution is -2.40. The smallest absolute Gasteiger partial charge is 0.0881 e. The molecule has 2 atom stereocenters. The molecule has 1 rings (SSSR count). The molecule has 0 aromatic heterocycles. The van der Waals surface area contributed by atoms with Crippen LogP contribution >= 0.6 is 11.6 Å². The quantitative estimate of drug-likeness (QED) is 0.896. The Morgan fingerprint density at radius 1 is 1.24 bits per heavy atom. The van der Waals surface area contributed by atoms with Crippen molar-refractivity contribution in [3.05, 3.63) is 34.9 Å². The molecule has 3 heteroatoms. The summed E-state index contributed by atoms with van der Waals surface area (Å²) in [5, 5.41) is 10.9. The molecule has 0 aliphatic rings. The number of aliphatic hydroxyl groups is 1. The summed E-state index contributed by atoms with van der Waals surface area (Å²) in [5.41, 5.74) is 0.980. The Hall–Kier alpha value is -0.570. The van der Waals surface area contributed by atoms with Crippen LogP contribution in [0.1, 0.15) is 26.3 Å². The first kappa shape index (κ1) is 14.5. The average Bonchev–Trinajstić information content (AvgIpc) is 2.20. The van der Waals surface area contributed by atoms with E-state index in [1.807, 2.05) is 24.3 Å². The van der Waals surface area contributed by atoms with Gasteiger partial charge in [0.15, 0.2) is 0 Å². The topological polar surface area (TPSA) is 29.5 Å². The molecule has 96 valence electrons. The second kappa shape index (κ2) is 5.85. The van der Waals surface area contributed by atoms with E-state index < -0.39 is 6.10 Å². The van der Waals surface area contributed by atoms with E-state index in [1.54, 1.807) is 7.11 Å². The van der Waals surface area contributed by atoms with Crippen molar-refractivity contribution in [3.63, 3.8) is 0 Å². The standard InChI is InChI=1S/C14H21ClO2/c1-14(2,3)13(17-4)12(16)9-10-5-7-11(15)8-6-10/h5-8,12-13,16H,9H2,1-4H3. The Morgan fingerprint density at radius 2 is 1.76 bits per heavy atom. The highest BCUT2D eigenvalue weighted by Gasteiger charge is 2.31. The summed E-state index contributed by atoms with van der Waals surface area (Å²) < 4.78 is 5.40. The number of hydrogen-bond donors (Lipinski definition) is 1. The molecule has 0 saturated heterocycles. The predicted molar refractivity (Wildman–Crippen MR) is 71.4 cm³/mol. The molecule has 0 saturated carbocycles. The van der Waals surface area contributed by atoms with Crippen LogP contribution in [0.2, 0.25) is 5.02 Å². The lowest BCUT2D eigenvalue weighted by atomic mass is 9.84. The minimum absolute atomic E-state index is 0.0827. The van der Waals surface area contributed by atoms with Crippen LogP contribution in [0.5, 0.6) is 0 Å². The molecular formula is C14H21ClO2. The van der Waals surface area contributed by atoms with Crippen molar-refractivity contribution >= 4 is 11.6 Å². The van der Waals surface area contributed by atoms with Gasteiger partial charge in [-0.05, 0) is 23.1 Å². The summed E-state index contributed by atoms with van der Waals surface area (Å²) >= 11 is 5.82. The molecule has 1 N–H and O–H groups in total. The normalized spacial score (nSPS) is 15.6. The second-order valence-corrected chi connectivity index (χ2v) is 5.86. The molecule has 0 radical (unpaired) electrons. The Morgan fingerprint density at radius 3 is 2.18 bits per heavy atom. The molecule has 2 unspecified atom stereocenters. The zero-order chi connectivity index (χ0) is 13.1. The summed E-state index contributed by atoms with van der Waals surface area (Å²) in [6, 6.07) is 7.53. The molecule has 0 aliphatic carbocycles. The van der Waals surface area contributed by atoms with Gasteiger partial charge >= 0.3 is 0 Å². The van der Waals surface area contributed by atoms with E-state index in [-0.39, 0.29) is 11.5 Å². The van der Waals surface area contributed by atoms with Gasteiger partial charge in [0.25, 0.3) is 0 Å². The van der Waals surface area contributed by atoms with E-state index in [0.717, 1.165) is 5.56 Å². The molecular weight excluding hydrogens is 236 g/mol. The van der Waals surface area contributed by atoms with Gasteiger partial charge in [-0.15, -0.1) is 0 Å². The van der Waals surface area contributed by atoms with Crippen molar-refractivity contribution in [1.82, 2.24) is 0 Å². The van der Waals surface area contributed by atoms with Gasteiger partial charge in [0, 0.05) is 18.6 Å². The van der Waals surface area contributed by atoms with E-state index in [4.69, 9.17) is 16.3 Å². The van der Waals surface area contributed by atoms with Gasteiger partial charge in [-0.3, -0.25) is 0 Å². The maximum atomic E-state index is 10.2. The molecule has 0 aliphatic heterocycles. The van der Waals surface area contributed by atoms with Crippen LogP contribution in [-0.2, 0) is 11.2 Å². The van der Waals surface area contributed by atoms with Crippen LogP contribution in [0.25, 0.3) is 0 Å². The van der Waals surface area contributed by atoms with E-state index >= 15 is 0 Å². The predicted octanol–water partition coefficient (Wildman–Crippen LogP) is 3.30. The third-order valence-electron chi connectivity index (χ3n) is 2.82. The number of aliphatic hydroxyl groups excluding tert-OH is 1. The van der Waals surface area contributed by atoms with Crippen molar-refractivity contribution in [3.8, 4) is 0 Å². The molecule has 0 amide bonds. The highest BCUT2D eigenvalue weighted by Crippen LogP contribution is 2.26. The van der Waals surface area contributed by atoms with Crippen molar-refractivity contribution in [2.45, 2.75) is 39.4 Å². The Labute approximate surface area is 109 Å². The molecule has 0 heterocycles. The van der Waals surface area contributed by atoms with Crippen LogP contribution in [0.4, 0.5) is 0 Å². The first-order valence-electron chi connectivity index (χ1n) is 5.80. The Kier molecular flexibility index (Phi) is 4.99. The monoisotopic (exact) mass is 256 g/mol. The van der Waals surface area contributed by atoms with Crippen LogP contribution in [0, 0.1) is 5.41 Å². The minimum atomic E-state index is -0.513. The summed E-state index contributed by atoms with van der Waals surface area (Å²) in [6.45, 7) is 6.19. The van der Waals surface area contributed by atoms with Gasteiger partial charge in [-0.2, -0.15) is 0 Å². The number of rotatable bonds is 4. The zero-order valence-electron chi connectivity index (χ0n) is 10.9. The van der Waals surface area contributed by atoms with Crippen molar-refractivity contribution in [2.75, 3.05) is 7.11 Å². The zero-order valence-corrected chi connectivity index (χ0v) is 11.7. The van der Waals surface area contributed by atoms with Crippen LogP contribution in [-0.4, -0.2) is 24.4 Å². The SMILES string of the molecule is COC(C(O)Cc1ccc(Cl)cc1)C(C)(C)C. The van der Waals surface area contributed by atoms with Gasteiger partial charge in [-0.1, -0.05) is 44.5 Å². The van der Waals surface area contributed by atoms with Crippen LogP contribution in [0.15, 0.2) is 24.3 Å². The number of benzene rings is 1. The van der Waals surface area contributed by atoms with Crippen LogP contribution in [0.3, 0.4) is 0 Å². The van der Waals surface area contributed by atoms with Gasteiger partial charge in [0.2, 0.25) is 0 Å². The summed E-state index contributed by atoms with van der Waals surface area (Å²) in [4.78, 5) is 0. The molecule has 1 aromatic carbocycles. The van der Waals surface area contributed by atoms with Crippen LogP contribution < -0.4 is 0 Å². The van der Waals surface area contributed by atoms with E-state index in [0.29, 0.717) is 11.4 Å². The fraction of sp³-hybridized carbons (Fsp3) is 0.571. The minimum Gasteiger partial charge on any atom is -0.390 e. The summed E-state index contributed by atoms with van der Waals surface area (Å²) in [6.07, 6.45) is -0.119. The summed E-state index contributed by atoms with van der Waals surface area (Å²) in [7, 11) is 1.64. The van der Waals surface area contributed by atoms with Gasteiger partial charge in [0.1, 0.15) is 0 Å². The lowest BCUT2D eigenvalue weighted by molar-refractivity contribution is -0.0699. The molecule has 17 heavy (non-hydrogen) atoms. The summed E-state index contributed by atoms with van der Waals surface area (Å²) in [5.74, 6) is 0. The fourth-order valence-electron chi connectivity index (χ4n) is 2.06. The molecule has 0 fully saturated rings. The molecule has 0 spiro atoms. The number of halogens is 1. The first-order chi connectivity index (χ1) is 7.84. The maximum absolute atomic E-state index is 10.2.